The van der Waals surface area contributed by atoms with Gasteiger partial charge in [-0.3, -0.25) is 9.59 Å². The van der Waals surface area contributed by atoms with Crippen LogP contribution in [0.4, 0.5) is 0 Å². The fraction of sp³-hybridized carbons (Fsp3) is 0.556. The van der Waals surface area contributed by atoms with E-state index in [0.717, 1.165) is 4.31 Å². The van der Waals surface area contributed by atoms with E-state index in [9.17, 15) is 18.0 Å². The SMILES string of the molecule is CCOc1ccc(S(=O)(=O)N(C)CC(=O)N2CCC(C(N)=O)CC2)cc1C. The molecule has 9 heteroatoms. The third-order valence-electron chi connectivity index (χ3n) is 4.76. The van der Waals surface area contributed by atoms with E-state index in [4.69, 9.17) is 10.5 Å². The number of aryl methyl sites for hydroxylation is 1. The zero-order valence-corrected chi connectivity index (χ0v) is 16.8. The van der Waals surface area contributed by atoms with Crippen LogP contribution in [-0.2, 0) is 19.6 Å². The van der Waals surface area contributed by atoms with Gasteiger partial charge < -0.3 is 15.4 Å². The number of hydrogen-bond acceptors (Lipinski definition) is 5. The zero-order chi connectivity index (χ0) is 20.2. The van der Waals surface area contributed by atoms with Gasteiger partial charge in [0.25, 0.3) is 0 Å². The zero-order valence-electron chi connectivity index (χ0n) is 16.0. The molecule has 1 aromatic rings. The number of nitrogens with zero attached hydrogens (tertiary/aromatic N) is 2. The Kier molecular flexibility index (Phi) is 6.83. The Morgan fingerprint density at radius 1 is 1.30 bits per heavy atom. The summed E-state index contributed by atoms with van der Waals surface area (Å²) in [5, 5.41) is 0. The number of rotatable bonds is 7. The van der Waals surface area contributed by atoms with Crippen molar-refractivity contribution in [2.45, 2.75) is 31.6 Å². The lowest BCUT2D eigenvalue weighted by atomic mass is 9.96. The predicted octanol–water partition coefficient (Wildman–Crippen LogP) is 0.738. The molecule has 1 heterocycles. The van der Waals surface area contributed by atoms with Crippen LogP contribution in [0.15, 0.2) is 23.1 Å². The van der Waals surface area contributed by atoms with Crippen molar-refractivity contribution in [1.29, 1.82) is 0 Å². The van der Waals surface area contributed by atoms with E-state index >= 15 is 0 Å². The van der Waals surface area contributed by atoms with Crippen molar-refractivity contribution in [3.63, 3.8) is 0 Å². The van der Waals surface area contributed by atoms with Crippen LogP contribution in [-0.4, -0.2) is 62.7 Å². The molecule has 0 unspecified atom stereocenters. The second kappa shape index (κ2) is 8.71. The normalized spacial score (nSPS) is 15.8. The van der Waals surface area contributed by atoms with Gasteiger partial charge in [-0.25, -0.2) is 8.42 Å². The molecule has 1 saturated heterocycles. The number of carbonyl (C=O) groups excluding carboxylic acids is 2. The molecule has 2 N–H and O–H groups in total. The van der Waals surface area contributed by atoms with Crippen LogP contribution in [0.2, 0.25) is 0 Å². The molecule has 0 spiro atoms. The van der Waals surface area contributed by atoms with Crippen molar-refractivity contribution in [2.75, 3.05) is 33.3 Å². The fourth-order valence-corrected chi connectivity index (χ4v) is 4.27. The third-order valence-corrected chi connectivity index (χ3v) is 6.56. The number of benzene rings is 1. The lowest BCUT2D eigenvalue weighted by molar-refractivity contribution is -0.134. The first kappa shape index (κ1) is 21.2. The van der Waals surface area contributed by atoms with Gasteiger partial charge in [0.15, 0.2) is 0 Å². The summed E-state index contributed by atoms with van der Waals surface area (Å²) in [6, 6.07) is 4.64. The van der Waals surface area contributed by atoms with Crippen LogP contribution < -0.4 is 10.5 Å². The molecule has 0 aromatic heterocycles. The predicted molar refractivity (Wildman–Crippen MR) is 101 cm³/mol. The molecule has 1 aromatic carbocycles. The number of amides is 2. The van der Waals surface area contributed by atoms with E-state index in [0.29, 0.717) is 43.9 Å². The molecular formula is C18H27N3O5S. The van der Waals surface area contributed by atoms with Crippen LogP contribution >= 0.6 is 0 Å². The molecule has 2 amide bonds. The van der Waals surface area contributed by atoms with Gasteiger partial charge in [0, 0.05) is 26.1 Å². The average Bonchev–Trinajstić information content (AvgIpc) is 2.63. The van der Waals surface area contributed by atoms with Crippen LogP contribution in [0.1, 0.15) is 25.3 Å². The maximum Gasteiger partial charge on any atom is 0.243 e. The molecule has 0 bridgehead atoms. The Bertz CT molecular complexity index is 801. The van der Waals surface area contributed by atoms with E-state index < -0.39 is 10.0 Å². The number of likely N-dealkylation sites (tertiary alicyclic amines) is 1. The Morgan fingerprint density at radius 3 is 2.44 bits per heavy atom. The van der Waals surface area contributed by atoms with E-state index in [1.54, 1.807) is 24.0 Å². The summed E-state index contributed by atoms with van der Waals surface area (Å²) in [6.45, 7) is 4.68. The van der Waals surface area contributed by atoms with Gasteiger partial charge in [-0.15, -0.1) is 0 Å². The van der Waals surface area contributed by atoms with Crippen LogP contribution in [0.3, 0.4) is 0 Å². The van der Waals surface area contributed by atoms with Gasteiger partial charge in [0.05, 0.1) is 18.0 Å². The van der Waals surface area contributed by atoms with E-state index in [1.165, 1.54) is 13.1 Å². The minimum Gasteiger partial charge on any atom is -0.494 e. The van der Waals surface area contributed by atoms with E-state index in [2.05, 4.69) is 0 Å². The molecule has 0 atom stereocenters. The Balaban J connectivity index is 2.04. The molecule has 150 valence electrons. The van der Waals surface area contributed by atoms with Crippen LogP contribution in [0.5, 0.6) is 5.75 Å². The number of carbonyl (C=O) groups is 2. The van der Waals surface area contributed by atoms with Gasteiger partial charge in [-0.05, 0) is 50.5 Å². The second-order valence-electron chi connectivity index (χ2n) is 6.68. The first-order valence-electron chi connectivity index (χ1n) is 8.93. The Labute approximate surface area is 160 Å². The maximum absolute atomic E-state index is 12.8. The van der Waals surface area contributed by atoms with Crippen molar-refractivity contribution >= 4 is 21.8 Å². The summed E-state index contributed by atoms with van der Waals surface area (Å²) in [6.07, 6.45) is 1.02. The summed E-state index contributed by atoms with van der Waals surface area (Å²) < 4.78 is 32.0. The molecule has 0 radical (unpaired) electrons. The van der Waals surface area contributed by atoms with Gasteiger partial charge in [0.2, 0.25) is 21.8 Å². The topological polar surface area (TPSA) is 110 Å². The van der Waals surface area contributed by atoms with Crippen molar-refractivity contribution in [3.8, 4) is 5.75 Å². The fourth-order valence-electron chi connectivity index (χ4n) is 3.07. The van der Waals surface area contributed by atoms with Gasteiger partial charge in [-0.1, -0.05) is 0 Å². The molecule has 27 heavy (non-hydrogen) atoms. The highest BCUT2D eigenvalue weighted by Gasteiger charge is 2.29. The van der Waals surface area contributed by atoms with Crippen LogP contribution in [0, 0.1) is 12.8 Å². The highest BCUT2D eigenvalue weighted by atomic mass is 32.2. The standard InChI is InChI=1S/C18H27N3O5S/c1-4-26-16-6-5-15(11-13(16)2)27(24,25)20(3)12-17(22)21-9-7-14(8-10-21)18(19)23/h5-6,11,14H,4,7-10,12H2,1-3H3,(H2,19,23). The summed E-state index contributed by atoms with van der Waals surface area (Å²) in [7, 11) is -2.41. The summed E-state index contributed by atoms with van der Waals surface area (Å²) in [4.78, 5) is 25.4. The molecule has 2 rings (SSSR count). The number of ether oxygens (including phenoxy) is 1. The van der Waals surface area contributed by atoms with Crippen molar-refractivity contribution in [1.82, 2.24) is 9.21 Å². The molecular weight excluding hydrogens is 370 g/mol. The van der Waals surface area contributed by atoms with E-state index in [1.807, 2.05) is 6.92 Å². The van der Waals surface area contributed by atoms with E-state index in [-0.39, 0.29) is 29.2 Å². The summed E-state index contributed by atoms with van der Waals surface area (Å²) in [5.74, 6) is -0.228. The Hall–Kier alpha value is -2.13. The quantitative estimate of drug-likeness (QED) is 0.730. The molecule has 0 saturated carbocycles. The van der Waals surface area contributed by atoms with Crippen molar-refractivity contribution < 1.29 is 22.7 Å². The maximum atomic E-state index is 12.8. The first-order chi connectivity index (χ1) is 12.7. The number of hydrogen-bond donors (Lipinski definition) is 1. The summed E-state index contributed by atoms with van der Waals surface area (Å²) >= 11 is 0. The molecule has 8 nitrogen and oxygen atoms in total. The van der Waals surface area contributed by atoms with Crippen molar-refractivity contribution in [3.05, 3.63) is 23.8 Å². The summed E-state index contributed by atoms with van der Waals surface area (Å²) in [5.41, 5.74) is 6.01. The molecule has 1 aliphatic heterocycles. The lowest BCUT2D eigenvalue weighted by Gasteiger charge is -2.31. The Morgan fingerprint density at radius 2 is 1.93 bits per heavy atom. The monoisotopic (exact) mass is 397 g/mol. The largest absolute Gasteiger partial charge is 0.494 e. The minimum absolute atomic E-state index is 0.117. The molecule has 0 aliphatic carbocycles. The average molecular weight is 397 g/mol. The number of piperidine rings is 1. The second-order valence-corrected chi connectivity index (χ2v) is 8.72. The number of sulfonamides is 1. The highest BCUT2D eigenvalue weighted by Crippen LogP contribution is 2.24. The lowest BCUT2D eigenvalue weighted by Crippen LogP contribution is -2.46. The van der Waals surface area contributed by atoms with Gasteiger partial charge in [-0.2, -0.15) is 4.31 Å². The number of nitrogens with two attached hydrogens (primary N) is 1. The van der Waals surface area contributed by atoms with Crippen molar-refractivity contribution in [2.24, 2.45) is 11.7 Å². The molecule has 1 fully saturated rings. The third kappa shape index (κ3) is 4.98. The first-order valence-corrected chi connectivity index (χ1v) is 10.4. The smallest absolute Gasteiger partial charge is 0.243 e. The number of primary amides is 1. The minimum atomic E-state index is -3.79. The van der Waals surface area contributed by atoms with Gasteiger partial charge >= 0.3 is 0 Å². The molecule has 1 aliphatic rings. The van der Waals surface area contributed by atoms with Gasteiger partial charge in [0.1, 0.15) is 5.75 Å². The highest BCUT2D eigenvalue weighted by molar-refractivity contribution is 7.89. The number of likely N-dealkylation sites (N-methyl/N-ethyl adjacent to an activating group) is 1. The van der Waals surface area contributed by atoms with Crippen LogP contribution in [0.25, 0.3) is 0 Å².